The molecule has 0 amide bonds. The van der Waals surface area contributed by atoms with E-state index in [4.69, 9.17) is 0 Å². The summed E-state index contributed by atoms with van der Waals surface area (Å²) >= 11 is 0. The van der Waals surface area contributed by atoms with Gasteiger partial charge in [0.25, 0.3) is 0 Å². The molecule has 0 radical (unpaired) electrons. The van der Waals surface area contributed by atoms with Gasteiger partial charge in [0.1, 0.15) is 6.33 Å². The highest BCUT2D eigenvalue weighted by atomic mass is 16.3. The van der Waals surface area contributed by atoms with Crippen LogP contribution in [-0.4, -0.2) is 30.9 Å². The molecular formula is C14H19N5O. The second-order valence-electron chi connectivity index (χ2n) is 3.52. The van der Waals surface area contributed by atoms with Crippen LogP contribution >= 0.6 is 0 Å². The summed E-state index contributed by atoms with van der Waals surface area (Å²) in [7, 11) is 0. The predicted molar refractivity (Wildman–Crippen MR) is 80.7 cm³/mol. The van der Waals surface area contributed by atoms with Gasteiger partial charge < -0.3 is 5.11 Å². The van der Waals surface area contributed by atoms with Crippen molar-refractivity contribution in [3.63, 3.8) is 0 Å². The quantitative estimate of drug-likeness (QED) is 0.689. The molecule has 2 heterocycles. The van der Waals surface area contributed by atoms with E-state index in [0.29, 0.717) is 5.65 Å². The van der Waals surface area contributed by atoms with Crippen LogP contribution in [0.25, 0.3) is 11.2 Å². The smallest absolute Gasteiger partial charge is 0.206 e. The Morgan fingerprint density at radius 2 is 2.05 bits per heavy atom. The SMILES string of the molecule is CC.C\C=C(/C=N\C(O)=C/C)c1cn2cnnc2cn1. The zero-order valence-corrected chi connectivity index (χ0v) is 12.1. The summed E-state index contributed by atoms with van der Waals surface area (Å²) in [5.41, 5.74) is 2.22. The van der Waals surface area contributed by atoms with Gasteiger partial charge in [-0.05, 0) is 19.9 Å². The lowest BCUT2D eigenvalue weighted by Gasteiger charge is -2.01. The molecule has 2 aromatic rings. The van der Waals surface area contributed by atoms with Crippen LogP contribution in [0.5, 0.6) is 0 Å². The van der Waals surface area contributed by atoms with E-state index in [2.05, 4.69) is 20.2 Å². The van der Waals surface area contributed by atoms with Gasteiger partial charge in [-0.3, -0.25) is 9.38 Å². The predicted octanol–water partition coefficient (Wildman–Crippen LogP) is 3.04. The standard InChI is InChI=1S/C12H13N5O.C2H6/c1-3-9(5-14-12(18)4-2)10-7-17-8-15-16-11(17)6-13-10;1-2/h3-8,18H,1-2H3;1-2H3/b9-3+,12-4+,14-5-;. The van der Waals surface area contributed by atoms with Gasteiger partial charge in [0, 0.05) is 18.0 Å². The fourth-order valence-corrected chi connectivity index (χ4v) is 1.38. The van der Waals surface area contributed by atoms with Crippen molar-refractivity contribution in [2.75, 3.05) is 0 Å². The van der Waals surface area contributed by atoms with Crippen LogP contribution < -0.4 is 0 Å². The van der Waals surface area contributed by atoms with Crippen LogP contribution in [0.1, 0.15) is 33.4 Å². The van der Waals surface area contributed by atoms with Gasteiger partial charge in [-0.2, -0.15) is 0 Å². The average molecular weight is 273 g/mol. The van der Waals surface area contributed by atoms with E-state index in [0.717, 1.165) is 11.3 Å². The van der Waals surface area contributed by atoms with Gasteiger partial charge in [-0.1, -0.05) is 19.9 Å². The van der Waals surface area contributed by atoms with Crippen LogP contribution in [0.4, 0.5) is 0 Å². The van der Waals surface area contributed by atoms with E-state index in [9.17, 15) is 5.11 Å². The molecule has 0 fully saturated rings. The van der Waals surface area contributed by atoms with Crippen LogP contribution in [0.15, 0.2) is 41.7 Å². The third-order valence-electron chi connectivity index (χ3n) is 2.38. The number of aliphatic hydroxyl groups excluding tert-OH is 1. The van der Waals surface area contributed by atoms with Crippen molar-refractivity contribution in [3.05, 3.63) is 42.5 Å². The van der Waals surface area contributed by atoms with Crippen LogP contribution in [0, 0.1) is 0 Å². The molecular weight excluding hydrogens is 254 g/mol. The topological polar surface area (TPSA) is 75.7 Å². The Balaban J connectivity index is 0.000000956. The van der Waals surface area contributed by atoms with Crippen LogP contribution in [-0.2, 0) is 0 Å². The van der Waals surface area contributed by atoms with Gasteiger partial charge >= 0.3 is 0 Å². The summed E-state index contributed by atoms with van der Waals surface area (Å²) in [5, 5.41) is 16.9. The highest BCUT2D eigenvalue weighted by Crippen LogP contribution is 2.10. The van der Waals surface area contributed by atoms with E-state index in [1.807, 2.05) is 33.0 Å². The molecule has 0 aliphatic carbocycles. The largest absolute Gasteiger partial charge is 0.494 e. The lowest BCUT2D eigenvalue weighted by atomic mass is 10.2. The van der Waals surface area contributed by atoms with E-state index in [1.165, 1.54) is 6.08 Å². The van der Waals surface area contributed by atoms with E-state index in [-0.39, 0.29) is 5.88 Å². The number of aromatic nitrogens is 4. The fourth-order valence-electron chi connectivity index (χ4n) is 1.38. The Morgan fingerprint density at radius 1 is 1.30 bits per heavy atom. The summed E-state index contributed by atoms with van der Waals surface area (Å²) in [6.45, 7) is 7.59. The maximum Gasteiger partial charge on any atom is 0.206 e. The molecule has 0 saturated carbocycles. The first-order valence-electron chi connectivity index (χ1n) is 6.46. The van der Waals surface area contributed by atoms with E-state index < -0.39 is 0 Å². The van der Waals surface area contributed by atoms with E-state index >= 15 is 0 Å². The maximum atomic E-state index is 9.28. The van der Waals surface area contributed by atoms with Crippen LogP contribution in [0.2, 0.25) is 0 Å². The Labute approximate surface area is 118 Å². The second-order valence-corrected chi connectivity index (χ2v) is 3.52. The van der Waals surface area contributed by atoms with Crippen molar-refractivity contribution in [1.82, 2.24) is 19.6 Å². The number of aliphatic imine (C=N–C) groups is 1. The Kier molecular flexibility index (Phi) is 6.09. The molecule has 6 nitrogen and oxygen atoms in total. The third kappa shape index (κ3) is 3.74. The van der Waals surface area contributed by atoms with Crippen molar-refractivity contribution < 1.29 is 5.11 Å². The number of nitrogens with zero attached hydrogens (tertiary/aromatic N) is 5. The highest BCUT2D eigenvalue weighted by Gasteiger charge is 2.02. The number of rotatable bonds is 3. The number of allylic oxidation sites excluding steroid dienone is 3. The summed E-state index contributed by atoms with van der Waals surface area (Å²) < 4.78 is 1.77. The molecule has 0 bridgehead atoms. The van der Waals surface area contributed by atoms with Gasteiger partial charge in [-0.15, -0.1) is 10.2 Å². The lowest BCUT2D eigenvalue weighted by Crippen LogP contribution is -1.95. The van der Waals surface area contributed by atoms with E-state index in [1.54, 1.807) is 30.1 Å². The first kappa shape index (κ1) is 15.6. The third-order valence-corrected chi connectivity index (χ3v) is 2.38. The molecule has 0 atom stereocenters. The molecule has 0 aliphatic rings. The minimum Gasteiger partial charge on any atom is -0.494 e. The average Bonchev–Trinajstić information content (AvgIpc) is 2.97. The molecule has 2 aromatic heterocycles. The molecule has 0 unspecified atom stereocenters. The molecule has 106 valence electrons. The van der Waals surface area contributed by atoms with Gasteiger partial charge in [0.15, 0.2) is 5.65 Å². The Morgan fingerprint density at radius 3 is 2.70 bits per heavy atom. The second kappa shape index (κ2) is 7.83. The molecule has 1 N–H and O–H groups in total. The minimum atomic E-state index is -0.0280. The molecule has 6 heteroatoms. The minimum absolute atomic E-state index is 0.0280. The summed E-state index contributed by atoms with van der Waals surface area (Å²) in [5.74, 6) is -0.0280. The zero-order valence-electron chi connectivity index (χ0n) is 12.1. The summed E-state index contributed by atoms with van der Waals surface area (Å²) in [6.07, 6.45) is 9.99. The van der Waals surface area contributed by atoms with Crippen molar-refractivity contribution in [2.24, 2.45) is 4.99 Å². The van der Waals surface area contributed by atoms with Gasteiger partial charge in [0.2, 0.25) is 5.88 Å². The summed E-state index contributed by atoms with van der Waals surface area (Å²) in [6, 6.07) is 0. The molecule has 0 saturated heterocycles. The fraction of sp³-hybridized carbons (Fsp3) is 0.286. The molecule has 0 aliphatic heterocycles. The maximum absolute atomic E-state index is 9.28. The van der Waals surface area contributed by atoms with Crippen molar-refractivity contribution >= 4 is 17.4 Å². The Bertz CT molecular complexity index is 640. The molecule has 20 heavy (non-hydrogen) atoms. The number of fused-ring (bicyclic) bond motifs is 1. The van der Waals surface area contributed by atoms with Gasteiger partial charge in [-0.25, -0.2) is 4.99 Å². The summed E-state index contributed by atoms with van der Waals surface area (Å²) in [4.78, 5) is 8.17. The molecule has 0 aromatic carbocycles. The zero-order chi connectivity index (χ0) is 15.0. The first-order valence-corrected chi connectivity index (χ1v) is 6.46. The van der Waals surface area contributed by atoms with Crippen LogP contribution in [0.3, 0.4) is 0 Å². The van der Waals surface area contributed by atoms with Crippen molar-refractivity contribution in [2.45, 2.75) is 27.7 Å². The normalized spacial score (nSPS) is 12.6. The number of hydrogen-bond donors (Lipinski definition) is 1. The van der Waals surface area contributed by atoms with Gasteiger partial charge in [0.05, 0.1) is 11.9 Å². The highest BCUT2D eigenvalue weighted by molar-refractivity contribution is 6.09. The monoisotopic (exact) mass is 273 g/mol. The lowest BCUT2D eigenvalue weighted by molar-refractivity contribution is 0.406. The number of aliphatic hydroxyl groups is 1. The Hall–Kier alpha value is -2.50. The molecule has 0 spiro atoms. The first-order chi connectivity index (χ1) is 9.74. The molecule has 2 rings (SSSR count). The van der Waals surface area contributed by atoms with Crippen molar-refractivity contribution in [3.8, 4) is 0 Å². The number of hydrogen-bond acceptors (Lipinski definition) is 5. The van der Waals surface area contributed by atoms with Crippen molar-refractivity contribution in [1.29, 1.82) is 0 Å².